The van der Waals surface area contributed by atoms with Gasteiger partial charge in [0.25, 0.3) is 0 Å². The average molecular weight is 570 g/mol. The van der Waals surface area contributed by atoms with E-state index in [1.165, 1.54) is 11.8 Å². The van der Waals surface area contributed by atoms with Gasteiger partial charge in [-0.3, -0.25) is 4.79 Å². The number of benzene rings is 3. The molecule has 2 heterocycles. The maximum atomic E-state index is 13.7. The van der Waals surface area contributed by atoms with Crippen molar-refractivity contribution in [2.75, 3.05) is 14.2 Å². The smallest absolute Gasteiger partial charge is 0.338 e. The minimum Gasteiger partial charge on any atom is -0.493 e. The van der Waals surface area contributed by atoms with E-state index in [1.54, 1.807) is 20.3 Å². The van der Waals surface area contributed by atoms with Gasteiger partial charge in [-0.15, -0.1) is 0 Å². The first kappa shape index (κ1) is 28.0. The highest BCUT2D eigenvalue weighted by molar-refractivity contribution is 8.16. The van der Waals surface area contributed by atoms with Crippen LogP contribution in [-0.2, 0) is 27.5 Å². The number of fused-ring (bicyclic) bond motifs is 1. The molecule has 0 fully saturated rings. The first-order valence-corrected chi connectivity index (χ1v) is 14.0. The van der Waals surface area contributed by atoms with Crippen LogP contribution in [0.3, 0.4) is 0 Å². The number of methoxy groups -OCH3 is 2. The standard InChI is InChI=1S/C32H31N3O5S/c1-21-29(31(37)40-19-23-12-8-5-9-13-23)30(24-14-15-26(38-2)27(16-24)39-3)35-25(20-41-32(35)34-21)17-28(36)33-18-22-10-6-4-7-11-22/h4-16,20,30H,17-19H2,1-3H3,(H,33,36). The third-order valence-electron chi connectivity index (χ3n) is 6.83. The molecule has 0 spiro atoms. The summed E-state index contributed by atoms with van der Waals surface area (Å²) in [6, 6.07) is 24.2. The number of amidine groups is 1. The van der Waals surface area contributed by atoms with E-state index in [4.69, 9.17) is 19.2 Å². The molecule has 1 unspecified atom stereocenters. The van der Waals surface area contributed by atoms with Gasteiger partial charge in [0.2, 0.25) is 5.91 Å². The number of allylic oxidation sites excluding steroid dienone is 1. The summed E-state index contributed by atoms with van der Waals surface area (Å²) in [6.45, 7) is 2.36. The number of esters is 1. The molecule has 9 heteroatoms. The van der Waals surface area contributed by atoms with Crippen LogP contribution < -0.4 is 14.8 Å². The van der Waals surface area contributed by atoms with Gasteiger partial charge in [-0.25, -0.2) is 9.79 Å². The molecule has 2 aliphatic rings. The lowest BCUT2D eigenvalue weighted by Gasteiger charge is -2.36. The minimum atomic E-state index is -0.589. The van der Waals surface area contributed by atoms with Crippen LogP contribution in [0.25, 0.3) is 0 Å². The molecular weight excluding hydrogens is 538 g/mol. The molecule has 41 heavy (non-hydrogen) atoms. The largest absolute Gasteiger partial charge is 0.493 e. The average Bonchev–Trinajstić information content (AvgIpc) is 3.40. The van der Waals surface area contributed by atoms with Crippen molar-refractivity contribution in [3.8, 4) is 11.5 Å². The first-order valence-electron chi connectivity index (χ1n) is 13.2. The summed E-state index contributed by atoms with van der Waals surface area (Å²) in [7, 11) is 3.14. The third-order valence-corrected chi connectivity index (χ3v) is 7.72. The van der Waals surface area contributed by atoms with E-state index < -0.39 is 12.0 Å². The zero-order valence-electron chi connectivity index (χ0n) is 23.1. The van der Waals surface area contributed by atoms with E-state index in [0.29, 0.717) is 34.5 Å². The lowest BCUT2D eigenvalue weighted by atomic mass is 9.93. The second kappa shape index (κ2) is 12.8. The number of hydrogen-bond donors (Lipinski definition) is 1. The van der Waals surface area contributed by atoms with E-state index in [1.807, 2.05) is 90.0 Å². The maximum absolute atomic E-state index is 13.7. The number of hydrogen-bond acceptors (Lipinski definition) is 8. The molecule has 1 atom stereocenters. The molecule has 0 aromatic heterocycles. The summed E-state index contributed by atoms with van der Waals surface area (Å²) in [6.07, 6.45) is 0.119. The van der Waals surface area contributed by atoms with Crippen LogP contribution in [0.4, 0.5) is 0 Å². The molecular formula is C32H31N3O5S. The zero-order valence-corrected chi connectivity index (χ0v) is 23.9. The van der Waals surface area contributed by atoms with Crippen LogP contribution >= 0.6 is 11.8 Å². The minimum absolute atomic E-state index is 0.119. The number of ether oxygens (including phenoxy) is 3. The Morgan fingerprint density at radius 3 is 2.29 bits per heavy atom. The Kier molecular flexibility index (Phi) is 8.74. The van der Waals surface area contributed by atoms with Gasteiger partial charge in [0.1, 0.15) is 6.61 Å². The predicted octanol–water partition coefficient (Wildman–Crippen LogP) is 5.73. The van der Waals surface area contributed by atoms with Crippen molar-refractivity contribution >= 4 is 28.8 Å². The monoisotopic (exact) mass is 569 g/mol. The normalized spacial score (nSPS) is 16.0. The highest BCUT2D eigenvalue weighted by Crippen LogP contribution is 2.46. The van der Waals surface area contributed by atoms with Gasteiger partial charge in [0, 0.05) is 12.2 Å². The van der Waals surface area contributed by atoms with Crippen LogP contribution in [0.2, 0.25) is 0 Å². The number of rotatable bonds is 10. The Hall–Kier alpha value is -4.50. The fourth-order valence-corrected chi connectivity index (χ4v) is 5.76. The van der Waals surface area contributed by atoms with Crippen molar-refractivity contribution < 1.29 is 23.8 Å². The fourth-order valence-electron chi connectivity index (χ4n) is 4.79. The molecule has 1 amide bonds. The van der Waals surface area contributed by atoms with E-state index in [0.717, 1.165) is 22.4 Å². The first-order chi connectivity index (χ1) is 20.0. The maximum Gasteiger partial charge on any atom is 0.338 e. The topological polar surface area (TPSA) is 89.5 Å². The summed E-state index contributed by atoms with van der Waals surface area (Å²) in [5, 5.41) is 5.60. The molecule has 5 rings (SSSR count). The van der Waals surface area contributed by atoms with E-state index in [9.17, 15) is 9.59 Å². The Morgan fingerprint density at radius 2 is 1.61 bits per heavy atom. The van der Waals surface area contributed by atoms with Gasteiger partial charge in [0.05, 0.1) is 38.0 Å². The Bertz CT molecular complexity index is 1520. The van der Waals surface area contributed by atoms with Crippen LogP contribution in [0.5, 0.6) is 11.5 Å². The molecule has 3 aromatic rings. The molecule has 0 saturated carbocycles. The van der Waals surface area contributed by atoms with Crippen molar-refractivity contribution in [1.82, 2.24) is 10.2 Å². The van der Waals surface area contributed by atoms with Gasteiger partial charge in [0.15, 0.2) is 16.7 Å². The van der Waals surface area contributed by atoms with E-state index in [-0.39, 0.29) is 18.9 Å². The molecule has 8 nitrogen and oxygen atoms in total. The van der Waals surface area contributed by atoms with Gasteiger partial charge in [-0.1, -0.05) is 78.5 Å². The van der Waals surface area contributed by atoms with Gasteiger partial charge in [-0.05, 0) is 41.2 Å². The van der Waals surface area contributed by atoms with Crippen LogP contribution in [0.1, 0.15) is 36.1 Å². The summed E-state index contributed by atoms with van der Waals surface area (Å²) in [5.41, 5.74) is 4.37. The highest BCUT2D eigenvalue weighted by Gasteiger charge is 2.41. The number of amides is 1. The van der Waals surface area contributed by atoms with Crippen molar-refractivity contribution in [3.05, 3.63) is 118 Å². The number of carbonyl (C=O) groups excluding carboxylic acids is 2. The van der Waals surface area contributed by atoms with Crippen LogP contribution in [-0.4, -0.2) is 36.2 Å². The van der Waals surface area contributed by atoms with Gasteiger partial charge in [-0.2, -0.15) is 0 Å². The predicted molar refractivity (Wildman–Crippen MR) is 159 cm³/mol. The fraction of sp³-hybridized carbons (Fsp3) is 0.219. The summed E-state index contributed by atoms with van der Waals surface area (Å²) < 4.78 is 16.8. The Morgan fingerprint density at radius 1 is 0.927 bits per heavy atom. The molecule has 0 bridgehead atoms. The SMILES string of the molecule is COc1ccc(C2C(C(=O)OCc3ccccc3)=C(C)N=C3SC=C(CC(=O)NCc4ccccc4)N32)cc1OC. The number of nitrogens with zero attached hydrogens (tertiary/aromatic N) is 2. The number of nitrogens with one attached hydrogen (secondary N) is 1. The van der Waals surface area contributed by atoms with Crippen molar-refractivity contribution in [2.45, 2.75) is 32.5 Å². The quantitative estimate of drug-likeness (QED) is 0.312. The second-order valence-corrected chi connectivity index (χ2v) is 10.3. The molecule has 0 saturated heterocycles. The van der Waals surface area contributed by atoms with Crippen molar-refractivity contribution in [1.29, 1.82) is 0 Å². The molecule has 0 aliphatic carbocycles. The molecule has 1 N–H and O–H groups in total. The van der Waals surface area contributed by atoms with Crippen molar-refractivity contribution in [2.24, 2.45) is 4.99 Å². The molecule has 3 aromatic carbocycles. The van der Waals surface area contributed by atoms with Crippen LogP contribution in [0, 0.1) is 0 Å². The number of aliphatic imine (C=N–C) groups is 1. The zero-order chi connectivity index (χ0) is 28.8. The number of carbonyl (C=O) groups is 2. The lowest BCUT2D eigenvalue weighted by Crippen LogP contribution is -2.38. The van der Waals surface area contributed by atoms with Gasteiger partial charge < -0.3 is 24.4 Å². The molecule has 2 aliphatic heterocycles. The third kappa shape index (κ3) is 6.30. The number of thioether (sulfide) groups is 1. The Balaban J connectivity index is 1.45. The van der Waals surface area contributed by atoms with E-state index >= 15 is 0 Å². The van der Waals surface area contributed by atoms with Crippen LogP contribution in [0.15, 0.2) is 106 Å². The Labute approximate surface area is 243 Å². The second-order valence-electron chi connectivity index (χ2n) is 9.51. The molecule has 210 valence electrons. The highest BCUT2D eigenvalue weighted by atomic mass is 32.2. The van der Waals surface area contributed by atoms with Crippen molar-refractivity contribution in [3.63, 3.8) is 0 Å². The molecule has 0 radical (unpaired) electrons. The summed E-state index contributed by atoms with van der Waals surface area (Å²) in [5.74, 6) is 0.495. The summed E-state index contributed by atoms with van der Waals surface area (Å²) in [4.78, 5) is 33.4. The lowest BCUT2D eigenvalue weighted by molar-refractivity contribution is -0.141. The van der Waals surface area contributed by atoms with Gasteiger partial charge >= 0.3 is 5.97 Å². The van der Waals surface area contributed by atoms with E-state index in [2.05, 4.69) is 5.32 Å². The summed E-state index contributed by atoms with van der Waals surface area (Å²) >= 11 is 1.43.